The minimum Gasteiger partial charge on any atom is -1.00 e. The molecule has 0 unspecified atom stereocenters. The number of rotatable bonds is 0. The average Bonchev–Trinajstić information content (AvgIpc) is 2.81. The van der Waals surface area contributed by atoms with Gasteiger partial charge in [-0.3, -0.25) is 6.08 Å². The second-order valence-electron chi connectivity index (χ2n) is 4.06. The second kappa shape index (κ2) is 20.4. The fraction of sp³-hybridized carbons (Fsp3) is 0.692. The first-order valence-electron chi connectivity index (χ1n) is 5.89. The predicted molar refractivity (Wildman–Crippen MR) is 71.6 cm³/mol. The number of hydrogen-bond donors (Lipinski definition) is 0. The van der Waals surface area contributed by atoms with Crippen LogP contribution < -0.4 is 24.8 Å². The molecule has 0 aromatic heterocycles. The predicted octanol–water partition coefficient (Wildman–Crippen LogP) is -1.80. The molecule has 1 nitrogen and oxygen atoms in total. The molecule has 103 valence electrons. The van der Waals surface area contributed by atoms with E-state index in [1.807, 2.05) is 6.08 Å². The van der Waals surface area contributed by atoms with Crippen LogP contribution in [-0.4, -0.2) is 15.6 Å². The summed E-state index contributed by atoms with van der Waals surface area (Å²) in [7, 11) is 0.750. The van der Waals surface area contributed by atoms with Crippen LogP contribution in [-0.2, 0) is 25.8 Å². The van der Waals surface area contributed by atoms with Gasteiger partial charge in [-0.25, -0.2) is 11.6 Å². The van der Waals surface area contributed by atoms with Crippen LogP contribution in [0.15, 0.2) is 17.7 Å². The Morgan fingerprint density at radius 2 is 1.67 bits per heavy atom. The Balaban J connectivity index is -0.0000000793. The van der Waals surface area contributed by atoms with Crippen molar-refractivity contribution in [2.45, 2.75) is 58.2 Å². The minimum absolute atomic E-state index is 0. The zero-order valence-corrected chi connectivity index (χ0v) is 17.9. The molecule has 0 spiro atoms. The minimum atomic E-state index is 0. The molecule has 0 amide bonds. The smallest absolute Gasteiger partial charge is 1.00 e. The molecule has 0 aliphatic heterocycles. The van der Waals surface area contributed by atoms with Crippen molar-refractivity contribution >= 4 is 9.52 Å². The zero-order valence-electron chi connectivity index (χ0n) is 11.6. The fourth-order valence-corrected chi connectivity index (χ4v) is 1.42. The molecule has 2 rings (SSSR count). The maximum Gasteiger partial charge on any atom is 4.00 e. The number of hydrogen-bond acceptors (Lipinski definition) is 0. The molecule has 0 bridgehead atoms. The third-order valence-electron chi connectivity index (χ3n) is 2.23. The summed E-state index contributed by atoms with van der Waals surface area (Å²) in [5, 5.41) is 0. The molecule has 1 radical (unpaired) electrons. The first-order valence-corrected chi connectivity index (χ1v) is 8.20. The number of halogens is 2. The maximum atomic E-state index is 7.13. The van der Waals surface area contributed by atoms with E-state index in [4.69, 9.17) is 5.73 Å². The van der Waals surface area contributed by atoms with E-state index < -0.39 is 0 Å². The Morgan fingerprint density at radius 3 is 1.78 bits per heavy atom. The van der Waals surface area contributed by atoms with Crippen LogP contribution in [0.5, 0.6) is 0 Å². The summed E-state index contributed by atoms with van der Waals surface area (Å²) in [6.45, 7) is 6.50. The topological polar surface area (TPSA) is 23.8 Å². The van der Waals surface area contributed by atoms with Crippen molar-refractivity contribution in [3.63, 3.8) is 0 Å². The molecule has 1 saturated carbocycles. The van der Waals surface area contributed by atoms with E-state index in [1.165, 1.54) is 18.4 Å². The zero-order chi connectivity index (χ0) is 11.5. The number of nitrogens with one attached hydrogen (secondary N) is 1. The molecule has 0 aromatic carbocycles. The molecule has 0 atom stereocenters. The molecular weight excluding hydrogens is 448 g/mol. The molecule has 0 heterocycles. The monoisotopic (exact) mass is 472 g/mol. The first-order chi connectivity index (χ1) is 7.20. The quantitative estimate of drug-likeness (QED) is 0.294. The molecule has 5 heteroatoms. The van der Waals surface area contributed by atoms with Crippen molar-refractivity contribution in [3.8, 4) is 0 Å². The SMILES string of the molecule is CC1=CC[C-]=C1.C[SiH]C.[Cl-].[Cl-].[Hf+4].[NH-]C1CCCC1. The third-order valence-corrected chi connectivity index (χ3v) is 2.23. The summed E-state index contributed by atoms with van der Waals surface area (Å²) < 4.78 is 0. The van der Waals surface area contributed by atoms with Gasteiger partial charge in [-0.15, -0.1) is 19.4 Å². The van der Waals surface area contributed by atoms with Crippen LogP contribution in [0.2, 0.25) is 13.1 Å². The van der Waals surface area contributed by atoms with Gasteiger partial charge >= 0.3 is 25.8 Å². The van der Waals surface area contributed by atoms with Gasteiger partial charge in [0.1, 0.15) is 0 Å². The average molecular weight is 472 g/mol. The fourth-order valence-electron chi connectivity index (χ4n) is 1.42. The van der Waals surface area contributed by atoms with Crippen LogP contribution >= 0.6 is 0 Å². The Kier molecular flexibility index (Phi) is 31.1. The summed E-state index contributed by atoms with van der Waals surface area (Å²) in [6, 6.07) is 0.296. The number of allylic oxidation sites excluding steroid dienone is 4. The van der Waals surface area contributed by atoms with E-state index in [0.29, 0.717) is 6.04 Å². The Labute approximate surface area is 147 Å². The largest absolute Gasteiger partial charge is 4.00 e. The standard InChI is InChI=1S/C6H7.C5H10N.C2H7Si.2ClH.Hf/c1-6-4-2-3-5-6;6-5-3-1-2-4-5;1-3-2;;;/h4-5H,2H2,1H3;5-6H,1-4H2;3H,1-2H3;2*1H;/q2*-1;;;;+4/p-2. The molecule has 2 aliphatic carbocycles. The van der Waals surface area contributed by atoms with E-state index in [1.54, 1.807) is 0 Å². The normalized spacial score (nSPS) is 15.7. The van der Waals surface area contributed by atoms with Crippen molar-refractivity contribution in [1.29, 1.82) is 0 Å². The van der Waals surface area contributed by atoms with E-state index in [-0.39, 0.29) is 50.7 Å². The summed E-state index contributed by atoms with van der Waals surface area (Å²) >= 11 is 0. The molecule has 0 saturated heterocycles. The summed E-state index contributed by atoms with van der Waals surface area (Å²) in [6.07, 6.45) is 13.1. The van der Waals surface area contributed by atoms with Crippen LogP contribution in [0.4, 0.5) is 0 Å². The second-order valence-corrected chi connectivity index (χ2v) is 5.21. The molecule has 0 aromatic rings. The van der Waals surface area contributed by atoms with Crippen molar-refractivity contribution in [1.82, 2.24) is 0 Å². The Bertz CT molecular complexity index is 202. The van der Waals surface area contributed by atoms with E-state index in [0.717, 1.165) is 28.8 Å². The first kappa shape index (κ1) is 27.4. The van der Waals surface area contributed by atoms with Crippen LogP contribution in [0, 0.1) is 6.08 Å². The van der Waals surface area contributed by atoms with Gasteiger partial charge in [0, 0.05) is 9.52 Å². The van der Waals surface area contributed by atoms with Crippen LogP contribution in [0.3, 0.4) is 0 Å². The molecule has 18 heavy (non-hydrogen) atoms. The third kappa shape index (κ3) is 19.4. The summed E-state index contributed by atoms with van der Waals surface area (Å²) in [5.41, 5.74) is 8.47. The van der Waals surface area contributed by atoms with E-state index in [9.17, 15) is 0 Å². The van der Waals surface area contributed by atoms with Gasteiger partial charge in [-0.2, -0.15) is 6.08 Å². The Hall–Kier alpha value is 1.11. The maximum absolute atomic E-state index is 7.13. The molecule has 1 fully saturated rings. The summed E-state index contributed by atoms with van der Waals surface area (Å²) in [5.74, 6) is 0. The molecular formula is C13H24Cl2HfNSi. The van der Waals surface area contributed by atoms with Gasteiger partial charge in [0.25, 0.3) is 0 Å². The van der Waals surface area contributed by atoms with Crippen molar-refractivity contribution < 1.29 is 50.7 Å². The van der Waals surface area contributed by atoms with Crippen LogP contribution in [0.25, 0.3) is 5.73 Å². The van der Waals surface area contributed by atoms with Gasteiger partial charge < -0.3 is 30.5 Å². The van der Waals surface area contributed by atoms with E-state index >= 15 is 0 Å². The van der Waals surface area contributed by atoms with Gasteiger partial charge in [0.15, 0.2) is 0 Å². The van der Waals surface area contributed by atoms with Crippen molar-refractivity contribution in [2.75, 3.05) is 0 Å². The van der Waals surface area contributed by atoms with Gasteiger partial charge in [-0.1, -0.05) is 38.8 Å². The molecule has 1 N–H and O–H groups in total. The van der Waals surface area contributed by atoms with Gasteiger partial charge in [-0.05, 0) is 0 Å². The molecule has 2 aliphatic rings. The van der Waals surface area contributed by atoms with Crippen molar-refractivity contribution in [3.05, 3.63) is 29.5 Å². The van der Waals surface area contributed by atoms with Gasteiger partial charge in [0.2, 0.25) is 0 Å². The van der Waals surface area contributed by atoms with Gasteiger partial charge in [0.05, 0.1) is 0 Å². The summed E-state index contributed by atoms with van der Waals surface area (Å²) in [4.78, 5) is 0. The van der Waals surface area contributed by atoms with Crippen molar-refractivity contribution in [2.24, 2.45) is 0 Å². The Morgan fingerprint density at radius 1 is 1.22 bits per heavy atom. The van der Waals surface area contributed by atoms with E-state index in [2.05, 4.69) is 32.2 Å². The van der Waals surface area contributed by atoms with Crippen LogP contribution in [0.1, 0.15) is 39.0 Å².